The lowest BCUT2D eigenvalue weighted by Gasteiger charge is -2.08. The van der Waals surface area contributed by atoms with Crippen molar-refractivity contribution in [2.45, 2.75) is 40.5 Å². The van der Waals surface area contributed by atoms with E-state index in [9.17, 15) is 0 Å². The number of nitrogens with zero attached hydrogens (tertiary/aromatic N) is 2. The Morgan fingerprint density at radius 1 is 0.629 bits per heavy atom. The van der Waals surface area contributed by atoms with Crippen LogP contribution in [0.1, 0.15) is 37.4 Å². The summed E-state index contributed by atoms with van der Waals surface area (Å²) in [4.78, 5) is 4.05. The number of thiophene rings is 4. The molecular weight excluding hydrogens is 539 g/mol. The summed E-state index contributed by atoms with van der Waals surface area (Å²) in [5, 5.41) is 0. The van der Waals surface area contributed by atoms with E-state index in [1.807, 2.05) is 12.1 Å². The van der Waals surface area contributed by atoms with Gasteiger partial charge in [-0.1, -0.05) is 27.7 Å². The monoisotopic (exact) mass is 560 g/mol. The van der Waals surface area contributed by atoms with Crippen LogP contribution < -0.4 is 0 Å². The quantitative estimate of drug-likeness (QED) is 0.202. The fraction of sp³-hybridized carbons (Fsp3) is 0.308. The first-order chi connectivity index (χ1) is 16.8. The third kappa shape index (κ3) is 4.15. The maximum absolute atomic E-state index is 15.7. The topological polar surface area (TPSA) is 25.8 Å². The van der Waals surface area contributed by atoms with Gasteiger partial charge in [-0.25, -0.2) is 8.78 Å². The van der Waals surface area contributed by atoms with Gasteiger partial charge in [0.25, 0.3) is 0 Å². The number of fused-ring (bicyclic) bond motifs is 3. The first kappa shape index (κ1) is 23.6. The summed E-state index contributed by atoms with van der Waals surface area (Å²) in [5.41, 5.74) is 1.34. The molecule has 0 fully saturated rings. The fourth-order valence-electron chi connectivity index (χ4n) is 4.42. The lowest BCUT2D eigenvalue weighted by atomic mass is 10.0. The molecule has 5 heterocycles. The van der Waals surface area contributed by atoms with Gasteiger partial charge in [-0.3, -0.25) is 0 Å². The van der Waals surface area contributed by atoms with E-state index in [2.05, 4.69) is 48.6 Å². The molecule has 0 spiro atoms. The van der Waals surface area contributed by atoms with Gasteiger partial charge in [-0.2, -0.15) is 8.75 Å². The molecule has 5 aromatic heterocycles. The normalized spacial score (nSPS) is 12.5. The largest absolute Gasteiger partial charge is 0.203 e. The molecule has 0 atom stereocenters. The van der Waals surface area contributed by atoms with Crippen LogP contribution in [-0.4, -0.2) is 8.75 Å². The molecule has 0 amide bonds. The highest BCUT2D eigenvalue weighted by atomic mass is 32.1. The van der Waals surface area contributed by atoms with Gasteiger partial charge in [0.15, 0.2) is 11.6 Å². The average Bonchev–Trinajstić information content (AvgIpc) is 3.55. The predicted molar refractivity (Wildman–Crippen MR) is 152 cm³/mol. The number of benzene rings is 1. The molecule has 0 saturated carbocycles. The van der Waals surface area contributed by atoms with Gasteiger partial charge in [0.1, 0.15) is 11.0 Å². The number of aromatic nitrogens is 2. The average molecular weight is 561 g/mol. The highest BCUT2D eigenvalue weighted by molar-refractivity contribution is 7.30. The van der Waals surface area contributed by atoms with Crippen molar-refractivity contribution in [3.63, 3.8) is 0 Å². The van der Waals surface area contributed by atoms with Crippen molar-refractivity contribution in [2.24, 2.45) is 11.8 Å². The number of hydrogen-bond acceptors (Lipinski definition) is 7. The SMILES string of the molecule is CC(C)Cc1cc2sc(-c3c(F)c(F)c(-c4cc5sc(CC(C)C)cc5s4)c4nsnc34)cc2s1. The number of hydrogen-bond donors (Lipinski definition) is 0. The Morgan fingerprint density at radius 3 is 1.40 bits per heavy atom. The Balaban J connectivity index is 1.46. The van der Waals surface area contributed by atoms with Crippen molar-refractivity contribution in [1.82, 2.24) is 8.75 Å². The molecule has 0 aliphatic heterocycles. The van der Waals surface area contributed by atoms with E-state index in [-0.39, 0.29) is 11.1 Å². The van der Waals surface area contributed by atoms with E-state index in [1.165, 1.54) is 32.4 Å². The van der Waals surface area contributed by atoms with Crippen LogP contribution in [0, 0.1) is 23.5 Å². The molecule has 180 valence electrons. The maximum atomic E-state index is 15.7. The summed E-state index contributed by atoms with van der Waals surface area (Å²) in [7, 11) is 0. The Labute approximate surface area is 222 Å². The summed E-state index contributed by atoms with van der Waals surface area (Å²) < 4.78 is 44.7. The van der Waals surface area contributed by atoms with Crippen molar-refractivity contribution >= 4 is 86.9 Å². The van der Waals surface area contributed by atoms with E-state index in [4.69, 9.17) is 0 Å². The van der Waals surface area contributed by atoms with Gasteiger partial charge in [0.2, 0.25) is 0 Å². The van der Waals surface area contributed by atoms with Gasteiger partial charge in [0, 0.05) is 38.3 Å². The van der Waals surface area contributed by atoms with Crippen LogP contribution in [0.25, 0.3) is 50.7 Å². The zero-order chi connectivity index (χ0) is 24.4. The molecule has 1 aromatic carbocycles. The summed E-state index contributed by atoms with van der Waals surface area (Å²) in [6.07, 6.45) is 2.05. The van der Waals surface area contributed by atoms with Crippen molar-refractivity contribution in [3.05, 3.63) is 45.7 Å². The van der Waals surface area contributed by atoms with Crippen LogP contribution in [0.2, 0.25) is 0 Å². The van der Waals surface area contributed by atoms with Gasteiger partial charge >= 0.3 is 0 Å². The second-order valence-electron chi connectivity index (χ2n) is 9.64. The smallest absolute Gasteiger partial charge is 0.170 e. The first-order valence-electron chi connectivity index (χ1n) is 11.5. The molecule has 35 heavy (non-hydrogen) atoms. The van der Waals surface area contributed by atoms with Crippen LogP contribution in [0.4, 0.5) is 8.78 Å². The maximum Gasteiger partial charge on any atom is 0.170 e. The predicted octanol–water partition coefficient (Wildman–Crippen LogP) is 10.3. The molecule has 9 heteroatoms. The molecular formula is C26H22F2N2S5. The van der Waals surface area contributed by atoms with Crippen LogP contribution in [-0.2, 0) is 12.8 Å². The first-order valence-corrected chi connectivity index (χ1v) is 15.5. The third-order valence-corrected chi connectivity index (χ3v) is 11.0. The molecule has 0 bridgehead atoms. The van der Waals surface area contributed by atoms with Gasteiger partial charge in [-0.05, 0) is 48.9 Å². The molecule has 6 rings (SSSR count). The summed E-state index contributed by atoms with van der Waals surface area (Å²) in [6, 6.07) is 8.31. The second kappa shape index (κ2) is 8.95. The lowest BCUT2D eigenvalue weighted by Crippen LogP contribution is -1.95. The molecule has 0 aliphatic rings. The van der Waals surface area contributed by atoms with E-state index in [1.54, 1.807) is 22.7 Å². The summed E-state index contributed by atoms with van der Waals surface area (Å²) >= 11 is 7.46. The van der Waals surface area contributed by atoms with Gasteiger partial charge in [0.05, 0.1) is 22.9 Å². The number of halogens is 2. The molecule has 0 aliphatic carbocycles. The second-order valence-corrected chi connectivity index (χ2v) is 14.7. The highest BCUT2D eigenvalue weighted by Gasteiger charge is 2.27. The highest BCUT2D eigenvalue weighted by Crippen LogP contribution is 2.47. The zero-order valence-electron chi connectivity index (χ0n) is 19.6. The van der Waals surface area contributed by atoms with E-state index in [0.717, 1.165) is 43.4 Å². The lowest BCUT2D eigenvalue weighted by molar-refractivity contribution is 0.516. The Morgan fingerprint density at radius 2 is 1.03 bits per heavy atom. The van der Waals surface area contributed by atoms with E-state index >= 15 is 8.78 Å². The van der Waals surface area contributed by atoms with Crippen LogP contribution in [0.3, 0.4) is 0 Å². The minimum Gasteiger partial charge on any atom is -0.203 e. The van der Waals surface area contributed by atoms with Crippen molar-refractivity contribution in [3.8, 4) is 20.9 Å². The Kier molecular flexibility index (Phi) is 6.04. The van der Waals surface area contributed by atoms with Crippen molar-refractivity contribution < 1.29 is 8.78 Å². The summed E-state index contributed by atoms with van der Waals surface area (Å²) in [5.74, 6) is -0.518. The Hall–Kier alpha value is -1.78. The van der Waals surface area contributed by atoms with E-state index in [0.29, 0.717) is 32.6 Å². The molecule has 2 nitrogen and oxygen atoms in total. The van der Waals surface area contributed by atoms with Crippen LogP contribution in [0.15, 0.2) is 24.3 Å². The van der Waals surface area contributed by atoms with Crippen molar-refractivity contribution in [1.29, 1.82) is 0 Å². The van der Waals surface area contributed by atoms with E-state index < -0.39 is 11.6 Å². The zero-order valence-corrected chi connectivity index (χ0v) is 23.7. The molecule has 0 unspecified atom stereocenters. The van der Waals surface area contributed by atoms with Crippen LogP contribution >= 0.6 is 57.1 Å². The minimum atomic E-state index is -0.839. The molecule has 6 aromatic rings. The number of rotatable bonds is 6. The van der Waals surface area contributed by atoms with Crippen molar-refractivity contribution in [2.75, 3.05) is 0 Å². The van der Waals surface area contributed by atoms with Crippen LogP contribution in [0.5, 0.6) is 0 Å². The summed E-state index contributed by atoms with van der Waals surface area (Å²) in [6.45, 7) is 8.80. The van der Waals surface area contributed by atoms with Gasteiger partial charge in [-0.15, -0.1) is 45.3 Å². The Bertz CT molecular complexity index is 1510. The fourth-order valence-corrected chi connectivity index (χ4v) is 10.3. The molecule has 0 N–H and O–H groups in total. The molecule has 0 radical (unpaired) electrons. The van der Waals surface area contributed by atoms with Gasteiger partial charge < -0.3 is 0 Å². The third-order valence-electron chi connectivity index (χ3n) is 5.82. The standard InChI is InChI=1S/C26H22F2N2S5/c1-11(2)5-13-7-15-17(31-13)9-19(33-15)21-23(27)24(28)22(26-25(21)29-35-30-26)20-10-18-16(34-20)8-14(32-18)6-12(3)4/h7-12H,5-6H2,1-4H3. The molecule has 0 saturated heterocycles. The minimum absolute atomic E-state index is 0.228.